The zero-order chi connectivity index (χ0) is 8.55. The molecule has 1 aromatic heterocycles. The summed E-state index contributed by atoms with van der Waals surface area (Å²) in [6.07, 6.45) is 6.55. The Balaban J connectivity index is 2.36. The Morgan fingerprint density at radius 1 is 1.42 bits per heavy atom. The van der Waals surface area contributed by atoms with Gasteiger partial charge in [-0.05, 0) is 30.4 Å². The molecule has 0 bridgehead atoms. The first kappa shape index (κ1) is 7.59. The third kappa shape index (κ3) is 1.29. The van der Waals surface area contributed by atoms with Crippen LogP contribution in [-0.4, -0.2) is 19.1 Å². The van der Waals surface area contributed by atoms with Crippen LogP contribution in [0.15, 0.2) is 18.5 Å². The van der Waals surface area contributed by atoms with Crippen LogP contribution in [0.4, 0.5) is 5.69 Å². The molecule has 0 unspecified atom stereocenters. The highest BCUT2D eigenvalue weighted by atomic mass is 15.1. The van der Waals surface area contributed by atoms with Gasteiger partial charge >= 0.3 is 0 Å². The van der Waals surface area contributed by atoms with E-state index in [9.17, 15) is 0 Å². The summed E-state index contributed by atoms with van der Waals surface area (Å²) in [4.78, 5) is 6.32. The van der Waals surface area contributed by atoms with Crippen molar-refractivity contribution in [2.24, 2.45) is 0 Å². The van der Waals surface area contributed by atoms with Crippen LogP contribution >= 0.6 is 0 Å². The molecule has 1 aliphatic rings. The van der Waals surface area contributed by atoms with Gasteiger partial charge in [-0.15, -0.1) is 0 Å². The minimum absolute atomic E-state index is 0.788. The molecular weight excluding hydrogens is 148 g/mol. The maximum Gasteiger partial charge on any atom is 0.0427 e. The number of nitrogens with zero attached hydrogens (tertiary/aromatic N) is 2. The summed E-state index contributed by atoms with van der Waals surface area (Å²) < 4.78 is 0. The van der Waals surface area contributed by atoms with Crippen LogP contribution in [0, 0.1) is 0 Å². The summed E-state index contributed by atoms with van der Waals surface area (Å²) in [6, 6.07) is 2.09. The Kier molecular flexibility index (Phi) is 1.75. The number of rotatable bonds is 2. The summed E-state index contributed by atoms with van der Waals surface area (Å²) >= 11 is 0. The van der Waals surface area contributed by atoms with E-state index in [0.29, 0.717) is 0 Å². The van der Waals surface area contributed by atoms with Crippen LogP contribution in [-0.2, 0) is 0 Å². The van der Waals surface area contributed by atoms with Crippen molar-refractivity contribution in [1.29, 1.82) is 0 Å². The predicted molar refractivity (Wildman–Crippen MR) is 50.5 cm³/mol. The molecule has 0 spiro atoms. The van der Waals surface area contributed by atoms with Crippen LogP contribution in [0.25, 0.3) is 0 Å². The zero-order valence-corrected chi connectivity index (χ0v) is 7.62. The first-order valence-corrected chi connectivity index (χ1v) is 4.40. The van der Waals surface area contributed by atoms with Gasteiger partial charge in [0.1, 0.15) is 0 Å². The zero-order valence-electron chi connectivity index (χ0n) is 7.62. The molecule has 0 saturated heterocycles. The van der Waals surface area contributed by atoms with E-state index in [1.54, 1.807) is 0 Å². The fraction of sp³-hybridized carbons (Fsp3) is 0.500. The second-order valence-corrected chi connectivity index (χ2v) is 3.60. The summed E-state index contributed by atoms with van der Waals surface area (Å²) in [5, 5.41) is 0. The van der Waals surface area contributed by atoms with Crippen molar-refractivity contribution in [1.82, 2.24) is 4.98 Å². The number of hydrogen-bond donors (Lipinski definition) is 0. The van der Waals surface area contributed by atoms with Crippen molar-refractivity contribution in [3.05, 3.63) is 24.0 Å². The van der Waals surface area contributed by atoms with Gasteiger partial charge in [-0.3, -0.25) is 4.98 Å². The van der Waals surface area contributed by atoms with Crippen molar-refractivity contribution < 1.29 is 0 Å². The predicted octanol–water partition coefficient (Wildman–Crippen LogP) is 2.02. The fourth-order valence-corrected chi connectivity index (χ4v) is 1.52. The van der Waals surface area contributed by atoms with Crippen molar-refractivity contribution in [3.63, 3.8) is 0 Å². The van der Waals surface area contributed by atoms with Crippen LogP contribution in [0.3, 0.4) is 0 Å². The van der Waals surface area contributed by atoms with Gasteiger partial charge in [0.05, 0.1) is 0 Å². The van der Waals surface area contributed by atoms with Crippen molar-refractivity contribution in [3.8, 4) is 0 Å². The normalized spacial score (nSPS) is 16.2. The highest BCUT2D eigenvalue weighted by molar-refractivity contribution is 5.53. The SMILES string of the molecule is CN(C)c1ccncc1C1CC1. The lowest BCUT2D eigenvalue weighted by molar-refractivity contribution is 1.03. The lowest BCUT2D eigenvalue weighted by Crippen LogP contribution is -2.10. The molecule has 1 heterocycles. The Hall–Kier alpha value is -1.05. The molecule has 0 aliphatic heterocycles. The summed E-state index contributed by atoms with van der Waals surface area (Å²) in [7, 11) is 4.17. The average molecular weight is 162 g/mol. The number of aromatic nitrogens is 1. The largest absolute Gasteiger partial charge is 0.377 e. The van der Waals surface area contributed by atoms with Crippen LogP contribution in [0.2, 0.25) is 0 Å². The molecule has 12 heavy (non-hydrogen) atoms. The Morgan fingerprint density at radius 3 is 2.75 bits per heavy atom. The highest BCUT2D eigenvalue weighted by Gasteiger charge is 2.26. The molecule has 0 amide bonds. The van der Waals surface area contributed by atoms with E-state index < -0.39 is 0 Å². The minimum Gasteiger partial charge on any atom is -0.377 e. The summed E-state index contributed by atoms with van der Waals surface area (Å²) in [6.45, 7) is 0. The lowest BCUT2D eigenvalue weighted by Gasteiger charge is -2.16. The smallest absolute Gasteiger partial charge is 0.0427 e. The fourth-order valence-electron chi connectivity index (χ4n) is 1.52. The van der Waals surface area contributed by atoms with E-state index in [1.165, 1.54) is 24.1 Å². The van der Waals surface area contributed by atoms with Gasteiger partial charge in [0, 0.05) is 32.2 Å². The molecule has 1 aromatic rings. The van der Waals surface area contributed by atoms with Crippen molar-refractivity contribution >= 4 is 5.69 Å². The van der Waals surface area contributed by atoms with E-state index in [0.717, 1.165) is 5.92 Å². The first-order valence-electron chi connectivity index (χ1n) is 4.40. The molecule has 0 N–H and O–H groups in total. The van der Waals surface area contributed by atoms with Gasteiger partial charge in [-0.2, -0.15) is 0 Å². The first-order chi connectivity index (χ1) is 5.79. The number of hydrogen-bond acceptors (Lipinski definition) is 2. The quantitative estimate of drug-likeness (QED) is 0.661. The standard InChI is InChI=1S/C10H14N2/c1-12(2)10-5-6-11-7-9(10)8-3-4-8/h5-8H,3-4H2,1-2H3. The van der Waals surface area contributed by atoms with Crippen LogP contribution in [0.5, 0.6) is 0 Å². The van der Waals surface area contributed by atoms with E-state index in [2.05, 4.69) is 30.0 Å². The molecular formula is C10H14N2. The number of anilines is 1. The monoisotopic (exact) mass is 162 g/mol. The molecule has 2 heteroatoms. The third-order valence-corrected chi connectivity index (χ3v) is 2.33. The van der Waals surface area contributed by atoms with Gasteiger partial charge in [0.25, 0.3) is 0 Å². The lowest BCUT2D eigenvalue weighted by atomic mass is 10.1. The molecule has 64 valence electrons. The molecule has 2 nitrogen and oxygen atoms in total. The highest BCUT2D eigenvalue weighted by Crippen LogP contribution is 2.43. The second-order valence-electron chi connectivity index (χ2n) is 3.60. The van der Waals surface area contributed by atoms with Crippen LogP contribution in [0.1, 0.15) is 24.3 Å². The summed E-state index contributed by atoms with van der Waals surface area (Å²) in [5.41, 5.74) is 2.75. The second kappa shape index (κ2) is 2.77. The molecule has 0 aromatic carbocycles. The maximum atomic E-state index is 4.16. The van der Waals surface area contributed by atoms with Crippen LogP contribution < -0.4 is 4.90 Å². The van der Waals surface area contributed by atoms with E-state index in [1.807, 2.05) is 12.4 Å². The van der Waals surface area contributed by atoms with E-state index in [-0.39, 0.29) is 0 Å². The Bertz CT molecular complexity index is 256. The molecule has 1 aliphatic carbocycles. The van der Waals surface area contributed by atoms with Gasteiger partial charge in [0.15, 0.2) is 0 Å². The van der Waals surface area contributed by atoms with Gasteiger partial charge in [-0.25, -0.2) is 0 Å². The topological polar surface area (TPSA) is 16.1 Å². The third-order valence-electron chi connectivity index (χ3n) is 2.33. The minimum atomic E-state index is 0.788. The van der Waals surface area contributed by atoms with Gasteiger partial charge in [-0.1, -0.05) is 0 Å². The molecule has 2 rings (SSSR count). The van der Waals surface area contributed by atoms with Crippen molar-refractivity contribution in [2.45, 2.75) is 18.8 Å². The molecule has 1 fully saturated rings. The summed E-state index contributed by atoms with van der Waals surface area (Å²) in [5.74, 6) is 0.788. The Morgan fingerprint density at radius 2 is 2.17 bits per heavy atom. The molecule has 1 saturated carbocycles. The van der Waals surface area contributed by atoms with E-state index >= 15 is 0 Å². The average Bonchev–Trinajstić information content (AvgIpc) is 2.87. The number of pyridine rings is 1. The Labute approximate surface area is 73.2 Å². The van der Waals surface area contributed by atoms with Gasteiger partial charge < -0.3 is 4.90 Å². The molecule has 0 radical (unpaired) electrons. The van der Waals surface area contributed by atoms with E-state index in [4.69, 9.17) is 0 Å². The molecule has 0 atom stereocenters. The maximum absolute atomic E-state index is 4.16. The van der Waals surface area contributed by atoms with Crippen molar-refractivity contribution in [2.75, 3.05) is 19.0 Å². The van der Waals surface area contributed by atoms with Gasteiger partial charge in [0.2, 0.25) is 0 Å².